The van der Waals surface area contributed by atoms with Gasteiger partial charge in [0, 0.05) is 15.4 Å². The maximum atomic E-state index is 11.7. The third kappa shape index (κ3) is 2.19. The van der Waals surface area contributed by atoms with Gasteiger partial charge < -0.3 is 10.4 Å². The van der Waals surface area contributed by atoms with Crippen LogP contribution in [0.2, 0.25) is 0 Å². The molecule has 3 nitrogen and oxygen atoms in total. The Kier molecular flexibility index (Phi) is 3.04. The summed E-state index contributed by atoms with van der Waals surface area (Å²) in [6.07, 6.45) is 0. The first-order chi connectivity index (χ1) is 7.20. The van der Waals surface area contributed by atoms with Crippen LogP contribution in [0, 0.1) is 0 Å². The number of fused-ring (bicyclic) bond motifs is 1. The molecule has 0 aliphatic rings. The fourth-order valence-corrected chi connectivity index (χ4v) is 3.23. The zero-order valence-corrected chi connectivity index (χ0v) is 9.82. The molecular formula is C10H11NO2S2. The van der Waals surface area contributed by atoms with Gasteiger partial charge in [0.05, 0.1) is 11.5 Å². The fraction of sp³-hybridized carbons (Fsp3) is 0.300. The molecule has 2 aromatic heterocycles. The predicted molar refractivity (Wildman–Crippen MR) is 63.7 cm³/mol. The molecule has 0 fully saturated rings. The maximum absolute atomic E-state index is 11.7. The highest BCUT2D eigenvalue weighted by atomic mass is 32.1. The summed E-state index contributed by atoms with van der Waals surface area (Å²) < 4.78 is 2.28. The summed E-state index contributed by atoms with van der Waals surface area (Å²) in [5, 5.41) is 13.6. The van der Waals surface area contributed by atoms with Gasteiger partial charge in [0.1, 0.15) is 0 Å². The molecule has 1 unspecified atom stereocenters. The number of rotatable bonds is 3. The first-order valence-electron chi connectivity index (χ1n) is 4.59. The lowest BCUT2D eigenvalue weighted by atomic mass is 10.3. The molecule has 2 heterocycles. The molecule has 2 N–H and O–H groups in total. The summed E-state index contributed by atoms with van der Waals surface area (Å²) in [5.74, 6) is -0.107. The number of hydrogen-bond donors (Lipinski definition) is 2. The quantitative estimate of drug-likeness (QED) is 0.864. The lowest BCUT2D eigenvalue weighted by Crippen LogP contribution is -2.34. The molecule has 80 valence electrons. The highest BCUT2D eigenvalue weighted by Crippen LogP contribution is 2.29. The SMILES string of the molecule is CC(CO)NC(=O)c1cc2sccc2s1. The van der Waals surface area contributed by atoms with Crippen LogP contribution in [0.25, 0.3) is 9.40 Å². The molecule has 0 aromatic carbocycles. The molecule has 0 saturated heterocycles. The van der Waals surface area contributed by atoms with Crippen molar-refractivity contribution in [2.75, 3.05) is 6.61 Å². The highest BCUT2D eigenvalue weighted by Gasteiger charge is 2.12. The smallest absolute Gasteiger partial charge is 0.261 e. The standard InChI is InChI=1S/C10H11NO2S2/c1-6(5-12)11-10(13)9-4-8-7(15-9)2-3-14-8/h2-4,6,12H,5H2,1H3,(H,11,13). The summed E-state index contributed by atoms with van der Waals surface area (Å²) in [6, 6.07) is 3.71. The second-order valence-corrected chi connectivity index (χ2v) is 5.35. The summed E-state index contributed by atoms with van der Waals surface area (Å²) in [6.45, 7) is 1.74. The van der Waals surface area contributed by atoms with Crippen molar-refractivity contribution in [1.29, 1.82) is 0 Å². The van der Waals surface area contributed by atoms with Crippen molar-refractivity contribution in [3.05, 3.63) is 22.4 Å². The van der Waals surface area contributed by atoms with Crippen LogP contribution < -0.4 is 5.32 Å². The topological polar surface area (TPSA) is 49.3 Å². The number of aliphatic hydroxyl groups is 1. The Labute approximate surface area is 95.4 Å². The molecule has 0 bridgehead atoms. The fourth-order valence-electron chi connectivity index (χ4n) is 1.22. The molecule has 0 radical (unpaired) electrons. The van der Waals surface area contributed by atoms with Crippen LogP contribution in [0.3, 0.4) is 0 Å². The monoisotopic (exact) mass is 241 g/mol. The predicted octanol–water partition coefficient (Wildman–Crippen LogP) is 2.07. The van der Waals surface area contributed by atoms with Crippen LogP contribution in [0.15, 0.2) is 17.5 Å². The number of amides is 1. The highest BCUT2D eigenvalue weighted by molar-refractivity contribution is 7.27. The van der Waals surface area contributed by atoms with Crippen LogP contribution in [0.4, 0.5) is 0 Å². The number of carbonyl (C=O) groups excluding carboxylic acids is 1. The van der Waals surface area contributed by atoms with Gasteiger partial charge in [-0.25, -0.2) is 0 Å². The number of aliphatic hydroxyl groups excluding tert-OH is 1. The van der Waals surface area contributed by atoms with Crippen molar-refractivity contribution in [3.8, 4) is 0 Å². The largest absolute Gasteiger partial charge is 0.394 e. The molecule has 1 atom stereocenters. The Bertz CT molecular complexity index is 446. The van der Waals surface area contributed by atoms with E-state index in [2.05, 4.69) is 5.32 Å². The van der Waals surface area contributed by atoms with E-state index in [1.165, 1.54) is 11.3 Å². The van der Waals surface area contributed by atoms with Crippen LogP contribution in [0.1, 0.15) is 16.6 Å². The van der Waals surface area contributed by atoms with Crippen molar-refractivity contribution in [3.63, 3.8) is 0 Å². The molecule has 1 amide bonds. The molecule has 0 spiro atoms. The molecule has 0 aliphatic carbocycles. The number of carbonyl (C=O) groups is 1. The second kappa shape index (κ2) is 4.30. The van der Waals surface area contributed by atoms with Gasteiger partial charge >= 0.3 is 0 Å². The first-order valence-corrected chi connectivity index (χ1v) is 6.29. The van der Waals surface area contributed by atoms with Gasteiger partial charge in [-0.1, -0.05) is 0 Å². The lowest BCUT2D eigenvalue weighted by Gasteiger charge is -2.08. The minimum absolute atomic E-state index is 0.0362. The van der Waals surface area contributed by atoms with E-state index in [0.717, 1.165) is 9.40 Å². The van der Waals surface area contributed by atoms with Crippen LogP contribution in [-0.4, -0.2) is 23.7 Å². The van der Waals surface area contributed by atoms with E-state index in [1.54, 1.807) is 18.3 Å². The number of hydrogen-bond acceptors (Lipinski definition) is 4. The van der Waals surface area contributed by atoms with Gasteiger partial charge in [0.15, 0.2) is 0 Å². The van der Waals surface area contributed by atoms with Crippen molar-refractivity contribution >= 4 is 38.0 Å². The van der Waals surface area contributed by atoms with E-state index >= 15 is 0 Å². The van der Waals surface area contributed by atoms with Gasteiger partial charge in [0.2, 0.25) is 0 Å². The average molecular weight is 241 g/mol. The average Bonchev–Trinajstić information content (AvgIpc) is 2.76. The van der Waals surface area contributed by atoms with Crippen LogP contribution in [-0.2, 0) is 0 Å². The van der Waals surface area contributed by atoms with E-state index in [9.17, 15) is 4.79 Å². The van der Waals surface area contributed by atoms with Crippen molar-refractivity contribution < 1.29 is 9.90 Å². The molecule has 2 aromatic rings. The minimum atomic E-state index is -0.197. The van der Waals surface area contributed by atoms with Crippen molar-refractivity contribution in [2.45, 2.75) is 13.0 Å². The Morgan fingerprint density at radius 1 is 1.60 bits per heavy atom. The Morgan fingerprint density at radius 3 is 3.07 bits per heavy atom. The van der Waals surface area contributed by atoms with Gasteiger partial charge in [-0.05, 0) is 24.4 Å². The summed E-state index contributed by atoms with van der Waals surface area (Å²) in [4.78, 5) is 12.4. The second-order valence-electron chi connectivity index (χ2n) is 3.32. The Hall–Kier alpha value is -0.910. The van der Waals surface area contributed by atoms with E-state index in [0.29, 0.717) is 4.88 Å². The summed E-state index contributed by atoms with van der Waals surface area (Å²) in [5.41, 5.74) is 0. The summed E-state index contributed by atoms with van der Waals surface area (Å²) in [7, 11) is 0. The van der Waals surface area contributed by atoms with Crippen LogP contribution in [0.5, 0.6) is 0 Å². The maximum Gasteiger partial charge on any atom is 0.261 e. The van der Waals surface area contributed by atoms with Gasteiger partial charge in [-0.15, -0.1) is 22.7 Å². The molecule has 0 saturated carbocycles. The molecule has 2 rings (SSSR count). The van der Waals surface area contributed by atoms with Gasteiger partial charge in [-0.2, -0.15) is 0 Å². The molecule has 0 aliphatic heterocycles. The minimum Gasteiger partial charge on any atom is -0.394 e. The number of nitrogens with one attached hydrogen (secondary N) is 1. The first kappa shape index (κ1) is 10.6. The van der Waals surface area contributed by atoms with Gasteiger partial charge in [0.25, 0.3) is 5.91 Å². The normalized spacial score (nSPS) is 12.9. The van der Waals surface area contributed by atoms with E-state index in [-0.39, 0.29) is 18.6 Å². The zero-order chi connectivity index (χ0) is 10.8. The van der Waals surface area contributed by atoms with Crippen molar-refractivity contribution in [1.82, 2.24) is 5.32 Å². The third-order valence-electron chi connectivity index (χ3n) is 2.01. The number of thiophene rings is 2. The molecular weight excluding hydrogens is 230 g/mol. The molecule has 15 heavy (non-hydrogen) atoms. The van der Waals surface area contributed by atoms with Crippen molar-refractivity contribution in [2.24, 2.45) is 0 Å². The van der Waals surface area contributed by atoms with E-state index in [1.807, 2.05) is 17.5 Å². The van der Waals surface area contributed by atoms with Gasteiger partial charge in [-0.3, -0.25) is 4.79 Å². The Balaban J connectivity index is 2.17. The summed E-state index contributed by atoms with van der Waals surface area (Å²) >= 11 is 3.11. The van der Waals surface area contributed by atoms with E-state index in [4.69, 9.17) is 5.11 Å². The lowest BCUT2D eigenvalue weighted by molar-refractivity contribution is 0.0926. The van der Waals surface area contributed by atoms with Crippen LogP contribution >= 0.6 is 22.7 Å². The molecule has 5 heteroatoms. The third-order valence-corrected chi connectivity index (χ3v) is 4.11. The van der Waals surface area contributed by atoms with E-state index < -0.39 is 0 Å². The Morgan fingerprint density at radius 2 is 2.40 bits per heavy atom. The zero-order valence-electron chi connectivity index (χ0n) is 8.19.